The summed E-state index contributed by atoms with van der Waals surface area (Å²) < 4.78 is 16.5. The van der Waals surface area contributed by atoms with E-state index in [1.165, 1.54) is 6.07 Å². The molecule has 7 nitrogen and oxygen atoms in total. The zero-order chi connectivity index (χ0) is 20.9. The first-order valence-corrected chi connectivity index (χ1v) is 9.41. The Morgan fingerprint density at radius 2 is 1.83 bits per heavy atom. The van der Waals surface area contributed by atoms with Gasteiger partial charge in [0.25, 0.3) is 0 Å². The van der Waals surface area contributed by atoms with E-state index >= 15 is 0 Å². The summed E-state index contributed by atoms with van der Waals surface area (Å²) in [5.74, 6) is 0.351. The van der Waals surface area contributed by atoms with Crippen molar-refractivity contribution in [2.24, 2.45) is 0 Å². The van der Waals surface area contributed by atoms with Crippen LogP contribution in [0.15, 0.2) is 75.8 Å². The maximum Gasteiger partial charge on any atom is 0.305 e. The quantitative estimate of drug-likeness (QED) is 0.475. The number of furan rings is 2. The molecule has 0 aliphatic rings. The SMILES string of the molecule is Cc1ccc2c(CC(=O)NNC(=O)c3ccc(COc4ccccc4)o3)coc2c1. The second-order valence-corrected chi connectivity index (χ2v) is 6.81. The van der Waals surface area contributed by atoms with E-state index in [2.05, 4.69) is 10.9 Å². The second-order valence-electron chi connectivity index (χ2n) is 6.81. The Hall–Kier alpha value is -4.00. The first-order valence-electron chi connectivity index (χ1n) is 9.41. The lowest BCUT2D eigenvalue weighted by molar-refractivity contribution is -0.121. The van der Waals surface area contributed by atoms with Crippen LogP contribution in [0.1, 0.15) is 27.4 Å². The molecule has 0 radical (unpaired) electrons. The Bertz CT molecular complexity index is 1180. The molecule has 0 atom stereocenters. The third kappa shape index (κ3) is 4.52. The Kier molecular flexibility index (Phi) is 5.52. The van der Waals surface area contributed by atoms with E-state index in [1.54, 1.807) is 12.3 Å². The standard InChI is InChI=1S/C23H20N2O5/c1-15-7-9-19-16(13-29-21(19)11-15)12-22(26)24-25-23(27)20-10-8-18(30-20)14-28-17-5-3-2-4-6-17/h2-11,13H,12,14H2,1H3,(H,24,26)(H,25,27). The lowest BCUT2D eigenvalue weighted by atomic mass is 10.1. The van der Waals surface area contributed by atoms with Crippen molar-refractivity contribution in [3.63, 3.8) is 0 Å². The van der Waals surface area contributed by atoms with Gasteiger partial charge in [-0.3, -0.25) is 20.4 Å². The number of carbonyl (C=O) groups excluding carboxylic acids is 2. The molecule has 2 aromatic carbocycles. The number of para-hydroxylation sites is 1. The van der Waals surface area contributed by atoms with Gasteiger partial charge in [-0.25, -0.2) is 0 Å². The van der Waals surface area contributed by atoms with Gasteiger partial charge in [0, 0.05) is 10.9 Å². The molecule has 0 bridgehead atoms. The van der Waals surface area contributed by atoms with E-state index in [1.807, 2.05) is 55.5 Å². The fourth-order valence-electron chi connectivity index (χ4n) is 2.98. The molecule has 0 aliphatic carbocycles. The number of hydrazine groups is 1. The number of fused-ring (bicyclic) bond motifs is 1. The summed E-state index contributed by atoms with van der Waals surface area (Å²) in [6.07, 6.45) is 1.63. The maximum absolute atomic E-state index is 12.2. The van der Waals surface area contributed by atoms with Crippen LogP contribution in [0.25, 0.3) is 11.0 Å². The Labute approximate surface area is 172 Å². The van der Waals surface area contributed by atoms with E-state index in [4.69, 9.17) is 13.6 Å². The molecular weight excluding hydrogens is 384 g/mol. The molecule has 4 aromatic rings. The minimum atomic E-state index is -0.554. The summed E-state index contributed by atoms with van der Waals surface area (Å²) in [7, 11) is 0. The monoisotopic (exact) mass is 404 g/mol. The van der Waals surface area contributed by atoms with Gasteiger partial charge in [-0.1, -0.05) is 30.3 Å². The zero-order valence-electron chi connectivity index (χ0n) is 16.3. The van der Waals surface area contributed by atoms with Crippen molar-refractivity contribution in [3.05, 3.63) is 89.6 Å². The number of hydrogen-bond acceptors (Lipinski definition) is 5. The van der Waals surface area contributed by atoms with Crippen LogP contribution in [-0.2, 0) is 17.8 Å². The van der Waals surface area contributed by atoms with Crippen LogP contribution < -0.4 is 15.6 Å². The van der Waals surface area contributed by atoms with Crippen LogP contribution in [0.4, 0.5) is 0 Å². The van der Waals surface area contributed by atoms with E-state index in [9.17, 15) is 9.59 Å². The first kappa shape index (κ1) is 19.3. The number of benzene rings is 2. The van der Waals surface area contributed by atoms with Crippen molar-refractivity contribution < 1.29 is 23.2 Å². The van der Waals surface area contributed by atoms with Crippen LogP contribution in [0.5, 0.6) is 5.75 Å². The van der Waals surface area contributed by atoms with Crippen molar-refractivity contribution in [1.82, 2.24) is 10.9 Å². The van der Waals surface area contributed by atoms with Crippen molar-refractivity contribution in [2.75, 3.05) is 0 Å². The van der Waals surface area contributed by atoms with Crippen LogP contribution in [0.2, 0.25) is 0 Å². The Balaban J connectivity index is 1.29. The highest BCUT2D eigenvalue weighted by molar-refractivity contribution is 5.94. The van der Waals surface area contributed by atoms with Gasteiger partial charge in [0.05, 0.1) is 12.7 Å². The van der Waals surface area contributed by atoms with E-state index in [0.717, 1.165) is 22.1 Å². The molecule has 0 saturated carbocycles. The summed E-state index contributed by atoms with van der Waals surface area (Å²) >= 11 is 0. The maximum atomic E-state index is 12.2. The molecule has 4 rings (SSSR count). The normalized spacial score (nSPS) is 10.7. The Morgan fingerprint density at radius 3 is 2.67 bits per heavy atom. The van der Waals surface area contributed by atoms with E-state index < -0.39 is 5.91 Å². The summed E-state index contributed by atoms with van der Waals surface area (Å²) in [4.78, 5) is 24.4. The minimum Gasteiger partial charge on any atom is -0.486 e. The number of carbonyl (C=O) groups is 2. The molecule has 7 heteroatoms. The van der Waals surface area contributed by atoms with Crippen LogP contribution >= 0.6 is 0 Å². The highest BCUT2D eigenvalue weighted by Gasteiger charge is 2.14. The van der Waals surface area contributed by atoms with Crippen LogP contribution in [0.3, 0.4) is 0 Å². The number of aryl methyl sites for hydroxylation is 1. The van der Waals surface area contributed by atoms with Crippen molar-refractivity contribution in [2.45, 2.75) is 20.0 Å². The molecule has 0 unspecified atom stereocenters. The molecule has 152 valence electrons. The van der Waals surface area contributed by atoms with Gasteiger partial charge >= 0.3 is 5.91 Å². The summed E-state index contributed by atoms with van der Waals surface area (Å²) in [5.41, 5.74) is 7.29. The first-order chi connectivity index (χ1) is 14.6. The Morgan fingerprint density at radius 1 is 1.00 bits per heavy atom. The number of rotatable bonds is 6. The van der Waals surface area contributed by atoms with Gasteiger partial charge in [-0.2, -0.15) is 0 Å². The summed E-state index contributed by atoms with van der Waals surface area (Å²) in [6.45, 7) is 2.16. The second kappa shape index (κ2) is 8.57. The smallest absolute Gasteiger partial charge is 0.305 e. The number of amides is 2. The van der Waals surface area contributed by atoms with Gasteiger partial charge in [-0.05, 0) is 42.8 Å². The fourth-order valence-corrected chi connectivity index (χ4v) is 2.98. The molecule has 2 heterocycles. The summed E-state index contributed by atoms with van der Waals surface area (Å²) in [5, 5.41) is 0.871. The molecule has 2 amide bonds. The largest absolute Gasteiger partial charge is 0.486 e. The van der Waals surface area contributed by atoms with Crippen LogP contribution in [-0.4, -0.2) is 11.8 Å². The van der Waals surface area contributed by atoms with E-state index in [-0.39, 0.29) is 24.7 Å². The van der Waals surface area contributed by atoms with Gasteiger partial charge < -0.3 is 13.6 Å². The van der Waals surface area contributed by atoms with Crippen molar-refractivity contribution in [3.8, 4) is 5.75 Å². The summed E-state index contributed by atoms with van der Waals surface area (Å²) in [6, 6.07) is 18.2. The van der Waals surface area contributed by atoms with Crippen LogP contribution in [0, 0.1) is 6.92 Å². The lowest BCUT2D eigenvalue weighted by Gasteiger charge is -2.06. The van der Waals surface area contributed by atoms with Crippen molar-refractivity contribution >= 4 is 22.8 Å². The zero-order valence-corrected chi connectivity index (χ0v) is 16.3. The highest BCUT2D eigenvalue weighted by Crippen LogP contribution is 2.22. The number of ether oxygens (including phenoxy) is 1. The molecule has 2 aromatic heterocycles. The molecule has 30 heavy (non-hydrogen) atoms. The fraction of sp³-hybridized carbons (Fsp3) is 0.130. The number of nitrogens with one attached hydrogen (secondary N) is 2. The molecule has 2 N–H and O–H groups in total. The predicted octanol–water partition coefficient (Wildman–Crippen LogP) is 3.92. The molecule has 0 spiro atoms. The van der Waals surface area contributed by atoms with Gasteiger partial charge in [0.1, 0.15) is 23.7 Å². The van der Waals surface area contributed by atoms with Crippen molar-refractivity contribution in [1.29, 1.82) is 0 Å². The third-order valence-electron chi connectivity index (χ3n) is 4.49. The minimum absolute atomic E-state index is 0.0741. The molecule has 0 saturated heterocycles. The average Bonchev–Trinajstić information content (AvgIpc) is 3.38. The lowest BCUT2D eigenvalue weighted by Crippen LogP contribution is -2.42. The topological polar surface area (TPSA) is 93.7 Å². The highest BCUT2D eigenvalue weighted by atomic mass is 16.5. The molecule has 0 aliphatic heterocycles. The molecule has 0 fully saturated rings. The van der Waals surface area contributed by atoms with E-state index in [0.29, 0.717) is 11.5 Å². The average molecular weight is 404 g/mol. The van der Waals surface area contributed by atoms with Gasteiger partial charge in [0.2, 0.25) is 5.91 Å². The predicted molar refractivity (Wildman–Crippen MR) is 110 cm³/mol. The van der Waals surface area contributed by atoms with Gasteiger partial charge in [0.15, 0.2) is 5.76 Å². The molecular formula is C23H20N2O5. The van der Waals surface area contributed by atoms with Gasteiger partial charge in [-0.15, -0.1) is 0 Å². The third-order valence-corrected chi connectivity index (χ3v) is 4.49. The number of hydrogen-bond donors (Lipinski definition) is 2.